The highest BCUT2D eigenvalue weighted by Gasteiger charge is 2.22. The summed E-state index contributed by atoms with van der Waals surface area (Å²) in [4.78, 5) is 33.3. The Morgan fingerprint density at radius 1 is 1.09 bits per heavy atom. The van der Waals surface area contributed by atoms with Crippen molar-refractivity contribution < 1.29 is 23.8 Å². The first-order chi connectivity index (χ1) is 15.6. The molecule has 1 fully saturated rings. The third-order valence-corrected chi connectivity index (χ3v) is 5.13. The van der Waals surface area contributed by atoms with Crippen LogP contribution in [0, 0.1) is 0 Å². The maximum absolute atomic E-state index is 13.1. The van der Waals surface area contributed by atoms with E-state index in [0.29, 0.717) is 55.5 Å². The van der Waals surface area contributed by atoms with Crippen LogP contribution in [0.3, 0.4) is 0 Å². The van der Waals surface area contributed by atoms with E-state index in [1.54, 1.807) is 44.4 Å². The van der Waals surface area contributed by atoms with Gasteiger partial charge in [-0.15, -0.1) is 0 Å². The maximum Gasteiger partial charge on any atom is 0.339 e. The Hall–Kier alpha value is -3.55. The molecule has 0 spiro atoms. The molecule has 0 radical (unpaired) electrons. The van der Waals surface area contributed by atoms with E-state index in [4.69, 9.17) is 14.2 Å². The molecule has 2 heterocycles. The van der Waals surface area contributed by atoms with E-state index >= 15 is 0 Å². The first kappa shape index (κ1) is 23.1. The fourth-order valence-corrected chi connectivity index (χ4v) is 3.51. The molecule has 1 aliphatic rings. The van der Waals surface area contributed by atoms with E-state index in [-0.39, 0.29) is 11.9 Å². The minimum Gasteiger partial charge on any atom is -0.493 e. The molecule has 0 unspecified atom stereocenters. The number of rotatable bonds is 8. The number of esters is 1. The van der Waals surface area contributed by atoms with Gasteiger partial charge in [0.15, 0.2) is 11.5 Å². The molecule has 170 valence electrons. The molecule has 0 atom stereocenters. The topological polar surface area (TPSA) is 81.2 Å². The summed E-state index contributed by atoms with van der Waals surface area (Å²) >= 11 is 0. The number of methoxy groups -OCH3 is 1. The quantitative estimate of drug-likeness (QED) is 0.462. The Bertz CT molecular complexity index is 945. The van der Waals surface area contributed by atoms with E-state index < -0.39 is 0 Å². The first-order valence-electron chi connectivity index (χ1n) is 10.7. The lowest BCUT2D eigenvalue weighted by Crippen LogP contribution is -2.35. The predicted molar refractivity (Wildman–Crippen MR) is 122 cm³/mol. The lowest BCUT2D eigenvalue weighted by atomic mass is 10.1. The summed E-state index contributed by atoms with van der Waals surface area (Å²) < 4.78 is 16.0. The average molecular weight is 440 g/mol. The van der Waals surface area contributed by atoms with Crippen molar-refractivity contribution in [2.45, 2.75) is 13.3 Å². The van der Waals surface area contributed by atoms with Gasteiger partial charge in [-0.25, -0.2) is 9.78 Å². The van der Waals surface area contributed by atoms with Gasteiger partial charge in [0, 0.05) is 37.9 Å². The number of ether oxygens (including phenoxy) is 3. The Balaban J connectivity index is 1.65. The summed E-state index contributed by atoms with van der Waals surface area (Å²) in [5.41, 5.74) is 0.981. The summed E-state index contributed by atoms with van der Waals surface area (Å²) in [7, 11) is 1.55. The van der Waals surface area contributed by atoms with Crippen LogP contribution in [-0.2, 0) is 4.74 Å². The molecule has 2 aromatic rings. The molecule has 0 saturated carbocycles. The van der Waals surface area contributed by atoms with Crippen LogP contribution in [-0.4, -0.2) is 68.3 Å². The second-order valence-corrected chi connectivity index (χ2v) is 7.22. The number of pyridine rings is 1. The number of hydrogen-bond donors (Lipinski definition) is 0. The fraction of sp³-hybridized carbons (Fsp3) is 0.375. The van der Waals surface area contributed by atoms with E-state index in [2.05, 4.69) is 16.5 Å². The molecule has 1 aromatic carbocycles. The van der Waals surface area contributed by atoms with Crippen molar-refractivity contribution in [2.75, 3.05) is 51.4 Å². The van der Waals surface area contributed by atoms with E-state index in [0.717, 1.165) is 18.8 Å². The Morgan fingerprint density at radius 2 is 1.91 bits per heavy atom. The number of carbonyl (C=O) groups is 2. The Labute approximate surface area is 188 Å². The van der Waals surface area contributed by atoms with Gasteiger partial charge in [-0.3, -0.25) is 4.79 Å². The Kier molecular flexibility index (Phi) is 8.08. The lowest BCUT2D eigenvalue weighted by molar-refractivity contribution is 0.0525. The molecule has 1 amide bonds. The second-order valence-electron chi connectivity index (χ2n) is 7.22. The summed E-state index contributed by atoms with van der Waals surface area (Å²) in [6, 6.07) is 8.74. The van der Waals surface area contributed by atoms with Crippen LogP contribution >= 0.6 is 0 Å². The summed E-state index contributed by atoms with van der Waals surface area (Å²) in [6.45, 7) is 8.73. The van der Waals surface area contributed by atoms with E-state index in [1.807, 2.05) is 11.0 Å². The minimum absolute atomic E-state index is 0.0500. The van der Waals surface area contributed by atoms with Gasteiger partial charge in [0.25, 0.3) is 5.91 Å². The number of carbonyl (C=O) groups excluding carboxylic acids is 2. The zero-order valence-corrected chi connectivity index (χ0v) is 18.6. The summed E-state index contributed by atoms with van der Waals surface area (Å²) in [6.07, 6.45) is 3.99. The van der Waals surface area contributed by atoms with Gasteiger partial charge in [-0.05, 0) is 43.7 Å². The number of amides is 1. The van der Waals surface area contributed by atoms with Crippen LogP contribution in [0.25, 0.3) is 0 Å². The molecule has 1 aromatic heterocycles. The van der Waals surface area contributed by atoms with Gasteiger partial charge >= 0.3 is 5.97 Å². The zero-order valence-electron chi connectivity index (χ0n) is 18.6. The molecule has 0 aliphatic carbocycles. The molecule has 8 heteroatoms. The molecule has 0 N–H and O–H groups in total. The first-order valence-corrected chi connectivity index (χ1v) is 10.7. The van der Waals surface area contributed by atoms with E-state index in [9.17, 15) is 9.59 Å². The van der Waals surface area contributed by atoms with Crippen LogP contribution in [0.1, 0.15) is 34.1 Å². The number of hydrogen-bond acceptors (Lipinski definition) is 7. The molecule has 8 nitrogen and oxygen atoms in total. The van der Waals surface area contributed by atoms with Crippen LogP contribution in [0.5, 0.6) is 11.5 Å². The normalized spacial score (nSPS) is 13.8. The van der Waals surface area contributed by atoms with Crippen molar-refractivity contribution in [3.63, 3.8) is 0 Å². The third-order valence-electron chi connectivity index (χ3n) is 5.13. The zero-order chi connectivity index (χ0) is 22.9. The van der Waals surface area contributed by atoms with Crippen LogP contribution in [0.15, 0.2) is 49.2 Å². The fourth-order valence-electron chi connectivity index (χ4n) is 3.51. The summed E-state index contributed by atoms with van der Waals surface area (Å²) in [5, 5.41) is 0. The van der Waals surface area contributed by atoms with Gasteiger partial charge in [-0.1, -0.05) is 12.7 Å². The molecule has 3 rings (SSSR count). The van der Waals surface area contributed by atoms with Crippen molar-refractivity contribution in [1.82, 2.24) is 9.88 Å². The number of anilines is 1. The highest BCUT2D eigenvalue weighted by Crippen LogP contribution is 2.29. The largest absolute Gasteiger partial charge is 0.493 e. The average Bonchev–Trinajstić information content (AvgIpc) is 3.09. The van der Waals surface area contributed by atoms with Crippen molar-refractivity contribution in [1.29, 1.82) is 0 Å². The van der Waals surface area contributed by atoms with E-state index in [1.165, 1.54) is 6.20 Å². The highest BCUT2D eigenvalue weighted by atomic mass is 16.5. The summed E-state index contributed by atoms with van der Waals surface area (Å²) in [5.74, 6) is 1.43. The number of aromatic nitrogens is 1. The van der Waals surface area contributed by atoms with Crippen LogP contribution in [0.4, 0.5) is 5.82 Å². The van der Waals surface area contributed by atoms with Crippen LogP contribution < -0.4 is 14.4 Å². The molecule has 0 bridgehead atoms. The van der Waals surface area contributed by atoms with Crippen molar-refractivity contribution in [3.05, 3.63) is 60.3 Å². The predicted octanol–water partition coefficient (Wildman–Crippen LogP) is 3.18. The lowest BCUT2D eigenvalue weighted by Gasteiger charge is -2.23. The van der Waals surface area contributed by atoms with Gasteiger partial charge in [0.2, 0.25) is 0 Å². The SMILES string of the molecule is C=CCOc1ccc(C(=O)N2CCCN(c3ccc(C(=O)OCC)cn3)CC2)cc1OC. The van der Waals surface area contributed by atoms with Gasteiger partial charge in [-0.2, -0.15) is 0 Å². The number of benzene rings is 1. The van der Waals surface area contributed by atoms with Gasteiger partial charge < -0.3 is 24.0 Å². The smallest absolute Gasteiger partial charge is 0.339 e. The third kappa shape index (κ3) is 5.57. The molecule has 1 aliphatic heterocycles. The number of nitrogens with zero attached hydrogens (tertiary/aromatic N) is 3. The minimum atomic E-state index is -0.379. The monoisotopic (exact) mass is 439 g/mol. The molecule has 1 saturated heterocycles. The Morgan fingerprint density at radius 3 is 2.59 bits per heavy atom. The molecular weight excluding hydrogens is 410 g/mol. The molecular formula is C24H29N3O5. The van der Waals surface area contributed by atoms with Crippen molar-refractivity contribution in [3.8, 4) is 11.5 Å². The van der Waals surface area contributed by atoms with Gasteiger partial charge in [0.05, 0.1) is 19.3 Å². The maximum atomic E-state index is 13.1. The van der Waals surface area contributed by atoms with Crippen molar-refractivity contribution in [2.24, 2.45) is 0 Å². The van der Waals surface area contributed by atoms with Gasteiger partial charge in [0.1, 0.15) is 12.4 Å². The molecule has 32 heavy (non-hydrogen) atoms. The van der Waals surface area contributed by atoms with Crippen molar-refractivity contribution >= 4 is 17.7 Å². The standard InChI is InChI=1S/C24H29N3O5/c1-4-15-32-20-9-7-18(16-21(20)30-3)23(28)27-12-6-11-26(13-14-27)22-10-8-19(17-25-22)24(29)31-5-2/h4,7-10,16-17H,1,5-6,11-15H2,2-3H3. The second kappa shape index (κ2) is 11.2. The van der Waals surface area contributed by atoms with Crippen LogP contribution in [0.2, 0.25) is 0 Å². The highest BCUT2D eigenvalue weighted by molar-refractivity contribution is 5.95.